The third-order valence-electron chi connectivity index (χ3n) is 5.24. The van der Waals surface area contributed by atoms with Crippen LogP contribution in [0.1, 0.15) is 73.8 Å². The quantitative estimate of drug-likeness (QED) is 0.241. The van der Waals surface area contributed by atoms with Gasteiger partial charge in [0, 0.05) is 36.6 Å². The first kappa shape index (κ1) is 21.7. The SMILES string of the molecule is Nc1ccc(C(=O)CCCCCCCCCCn2cc(Cn3cccn3)nn2)cc1. The predicted octanol–water partition coefficient (Wildman–Crippen LogP) is 4.50. The fraction of sp³-hybridized carbons (Fsp3) is 0.478. The normalized spacial score (nSPS) is 11.1. The zero-order valence-corrected chi connectivity index (χ0v) is 17.6. The molecule has 1 aromatic carbocycles. The first-order valence-corrected chi connectivity index (χ1v) is 11.0. The summed E-state index contributed by atoms with van der Waals surface area (Å²) in [5, 5.41) is 12.6. The number of unbranched alkanes of at least 4 members (excludes halogenated alkanes) is 7. The van der Waals surface area contributed by atoms with Crippen LogP contribution in [-0.4, -0.2) is 30.6 Å². The lowest BCUT2D eigenvalue weighted by molar-refractivity contribution is 0.0979. The minimum absolute atomic E-state index is 0.218. The number of rotatable bonds is 14. The van der Waals surface area contributed by atoms with Crippen molar-refractivity contribution in [2.75, 3.05) is 5.73 Å². The largest absolute Gasteiger partial charge is 0.399 e. The van der Waals surface area contributed by atoms with Crippen LogP contribution < -0.4 is 5.73 Å². The van der Waals surface area contributed by atoms with Gasteiger partial charge in [-0.1, -0.05) is 43.7 Å². The Labute approximate surface area is 178 Å². The second-order valence-electron chi connectivity index (χ2n) is 7.80. The van der Waals surface area contributed by atoms with Gasteiger partial charge in [-0.15, -0.1) is 5.10 Å². The molecule has 0 saturated carbocycles. The Morgan fingerprint density at radius 1 is 0.900 bits per heavy atom. The van der Waals surface area contributed by atoms with Gasteiger partial charge in [0.15, 0.2) is 5.78 Å². The third kappa shape index (κ3) is 7.46. The topological polar surface area (TPSA) is 91.6 Å². The molecule has 160 valence electrons. The Kier molecular flexibility index (Phi) is 8.62. The number of ketones is 1. The van der Waals surface area contributed by atoms with Gasteiger partial charge >= 0.3 is 0 Å². The van der Waals surface area contributed by atoms with Gasteiger partial charge in [0.05, 0.1) is 12.7 Å². The van der Waals surface area contributed by atoms with Gasteiger partial charge in [-0.05, 0) is 43.2 Å². The summed E-state index contributed by atoms with van der Waals surface area (Å²) in [5.41, 5.74) is 8.06. The Morgan fingerprint density at radius 2 is 1.60 bits per heavy atom. The van der Waals surface area contributed by atoms with Crippen molar-refractivity contribution in [1.29, 1.82) is 0 Å². The molecule has 0 unspecified atom stereocenters. The van der Waals surface area contributed by atoms with Crippen molar-refractivity contribution in [3.8, 4) is 0 Å². The number of nitrogens with two attached hydrogens (primary N) is 1. The molecule has 0 atom stereocenters. The molecule has 0 bridgehead atoms. The molecule has 30 heavy (non-hydrogen) atoms. The maximum absolute atomic E-state index is 12.1. The summed E-state index contributed by atoms with van der Waals surface area (Å²) < 4.78 is 3.78. The van der Waals surface area contributed by atoms with E-state index in [0.717, 1.165) is 37.1 Å². The molecule has 2 aromatic heterocycles. The Hall–Kier alpha value is -2.96. The molecule has 0 fully saturated rings. The van der Waals surface area contributed by atoms with Crippen molar-refractivity contribution in [3.05, 3.63) is 60.2 Å². The van der Waals surface area contributed by atoms with Crippen LogP contribution in [-0.2, 0) is 13.1 Å². The minimum Gasteiger partial charge on any atom is -0.399 e. The molecule has 7 nitrogen and oxygen atoms in total. The van der Waals surface area contributed by atoms with E-state index >= 15 is 0 Å². The lowest BCUT2D eigenvalue weighted by atomic mass is 10.0. The van der Waals surface area contributed by atoms with Crippen molar-refractivity contribution >= 4 is 11.5 Å². The second-order valence-corrected chi connectivity index (χ2v) is 7.80. The molecule has 2 heterocycles. The molecule has 7 heteroatoms. The molecule has 0 radical (unpaired) electrons. The van der Waals surface area contributed by atoms with E-state index in [1.165, 1.54) is 32.1 Å². The van der Waals surface area contributed by atoms with Crippen molar-refractivity contribution in [3.63, 3.8) is 0 Å². The fourth-order valence-electron chi connectivity index (χ4n) is 3.51. The number of Topliss-reactive ketones (excluding diaryl/α,β-unsaturated/α-hetero) is 1. The number of nitrogens with zero attached hydrogens (tertiary/aromatic N) is 5. The van der Waals surface area contributed by atoms with Crippen LogP contribution in [0.15, 0.2) is 48.9 Å². The summed E-state index contributed by atoms with van der Waals surface area (Å²) in [4.78, 5) is 12.1. The van der Waals surface area contributed by atoms with Crippen LogP contribution in [0.4, 0.5) is 5.69 Å². The molecule has 0 amide bonds. The van der Waals surface area contributed by atoms with Crippen LogP contribution in [0.5, 0.6) is 0 Å². The highest BCUT2D eigenvalue weighted by Gasteiger charge is 2.05. The van der Waals surface area contributed by atoms with Crippen LogP contribution >= 0.6 is 0 Å². The Bertz CT molecular complexity index is 870. The number of carbonyl (C=O) groups excluding carboxylic acids is 1. The van der Waals surface area contributed by atoms with E-state index in [9.17, 15) is 4.79 Å². The number of anilines is 1. The first-order valence-electron chi connectivity index (χ1n) is 11.0. The summed E-state index contributed by atoms with van der Waals surface area (Å²) in [7, 11) is 0. The van der Waals surface area contributed by atoms with E-state index in [1.807, 2.05) is 40.0 Å². The summed E-state index contributed by atoms with van der Waals surface area (Å²) in [6.07, 6.45) is 15.7. The van der Waals surface area contributed by atoms with Gasteiger partial charge in [0.2, 0.25) is 0 Å². The van der Waals surface area contributed by atoms with Gasteiger partial charge < -0.3 is 5.73 Å². The third-order valence-corrected chi connectivity index (χ3v) is 5.24. The maximum atomic E-state index is 12.1. The summed E-state index contributed by atoms with van der Waals surface area (Å²) in [6, 6.07) is 9.12. The summed E-state index contributed by atoms with van der Waals surface area (Å²) >= 11 is 0. The zero-order valence-electron chi connectivity index (χ0n) is 17.6. The first-order chi connectivity index (χ1) is 14.7. The van der Waals surface area contributed by atoms with Crippen LogP contribution in [0.25, 0.3) is 0 Å². The smallest absolute Gasteiger partial charge is 0.162 e. The number of hydrogen-bond donors (Lipinski definition) is 1. The molecular weight excluding hydrogens is 376 g/mol. The maximum Gasteiger partial charge on any atom is 0.162 e. The zero-order chi connectivity index (χ0) is 21.0. The van der Waals surface area contributed by atoms with Crippen molar-refractivity contribution in [2.24, 2.45) is 0 Å². The molecule has 0 aliphatic carbocycles. The number of carbonyl (C=O) groups is 1. The minimum atomic E-state index is 0.218. The van der Waals surface area contributed by atoms with Crippen molar-refractivity contribution in [2.45, 2.75) is 70.9 Å². The molecule has 3 aromatic rings. The standard InChI is InChI=1S/C23H32N6O/c24-21-13-11-20(12-14-21)23(30)10-7-5-3-1-2-4-6-8-16-29-19-22(26-27-29)18-28-17-9-15-25-28/h9,11-15,17,19H,1-8,10,16,18,24H2. The average molecular weight is 409 g/mol. The number of aryl methyl sites for hydroxylation is 1. The average Bonchev–Trinajstić information content (AvgIpc) is 3.42. The highest BCUT2D eigenvalue weighted by atomic mass is 16.1. The van der Waals surface area contributed by atoms with Crippen LogP contribution in [0.2, 0.25) is 0 Å². The highest BCUT2D eigenvalue weighted by Crippen LogP contribution is 2.13. The van der Waals surface area contributed by atoms with Gasteiger partial charge in [0.1, 0.15) is 5.69 Å². The van der Waals surface area contributed by atoms with Gasteiger partial charge in [0.25, 0.3) is 0 Å². The number of hydrogen-bond acceptors (Lipinski definition) is 5. The highest BCUT2D eigenvalue weighted by molar-refractivity contribution is 5.96. The van der Waals surface area contributed by atoms with Gasteiger partial charge in [-0.3, -0.25) is 14.2 Å². The van der Waals surface area contributed by atoms with E-state index in [4.69, 9.17) is 5.73 Å². The molecule has 0 spiro atoms. The number of benzene rings is 1. The van der Waals surface area contributed by atoms with Crippen LogP contribution in [0, 0.1) is 0 Å². The summed E-state index contributed by atoms with van der Waals surface area (Å²) in [5.74, 6) is 0.218. The lowest BCUT2D eigenvalue weighted by Gasteiger charge is -2.04. The van der Waals surface area contributed by atoms with E-state index in [1.54, 1.807) is 18.3 Å². The molecule has 2 N–H and O–H groups in total. The molecule has 0 saturated heterocycles. The monoisotopic (exact) mass is 408 g/mol. The van der Waals surface area contributed by atoms with Crippen LogP contribution in [0.3, 0.4) is 0 Å². The molecule has 3 rings (SSSR count). The van der Waals surface area contributed by atoms with E-state index in [-0.39, 0.29) is 5.78 Å². The lowest BCUT2D eigenvalue weighted by Crippen LogP contribution is -2.00. The van der Waals surface area contributed by atoms with Gasteiger partial charge in [-0.25, -0.2) is 0 Å². The van der Waals surface area contributed by atoms with E-state index < -0.39 is 0 Å². The molecule has 0 aliphatic heterocycles. The summed E-state index contributed by atoms with van der Waals surface area (Å²) in [6.45, 7) is 1.58. The molecular formula is C23H32N6O. The second kappa shape index (κ2) is 11.9. The van der Waals surface area contributed by atoms with E-state index in [2.05, 4.69) is 15.4 Å². The van der Waals surface area contributed by atoms with Crippen molar-refractivity contribution in [1.82, 2.24) is 24.8 Å². The Balaban J connectivity index is 1.16. The molecule has 0 aliphatic rings. The number of aromatic nitrogens is 5. The predicted molar refractivity (Wildman–Crippen MR) is 118 cm³/mol. The van der Waals surface area contributed by atoms with Crippen molar-refractivity contribution < 1.29 is 4.79 Å². The van der Waals surface area contributed by atoms with E-state index in [0.29, 0.717) is 18.7 Å². The fourth-order valence-corrected chi connectivity index (χ4v) is 3.51. The Morgan fingerprint density at radius 3 is 2.30 bits per heavy atom. The number of nitrogen functional groups attached to an aromatic ring is 1. The van der Waals surface area contributed by atoms with Gasteiger partial charge in [-0.2, -0.15) is 5.10 Å².